The first kappa shape index (κ1) is 15.3. The number of carbonyl (C=O) groups excluding carboxylic acids is 1. The Balaban J connectivity index is 1.32. The van der Waals surface area contributed by atoms with E-state index in [9.17, 15) is 4.79 Å². The van der Waals surface area contributed by atoms with Crippen molar-refractivity contribution in [3.05, 3.63) is 41.8 Å². The Hall–Kier alpha value is -2.28. The minimum absolute atomic E-state index is 0.00403. The van der Waals surface area contributed by atoms with Crippen molar-refractivity contribution in [2.45, 2.75) is 44.3 Å². The van der Waals surface area contributed by atoms with Crippen molar-refractivity contribution in [1.29, 1.82) is 0 Å². The van der Waals surface area contributed by atoms with Crippen LogP contribution in [0.3, 0.4) is 0 Å². The Bertz CT molecular complexity index is 699. The summed E-state index contributed by atoms with van der Waals surface area (Å²) in [6.07, 6.45) is 7.41. The second kappa shape index (κ2) is 6.68. The quantitative estimate of drug-likeness (QED) is 0.836. The van der Waals surface area contributed by atoms with E-state index in [-0.39, 0.29) is 12.0 Å². The molecule has 0 aromatic carbocycles. The topological polar surface area (TPSA) is 81.4 Å². The molecule has 1 aliphatic carbocycles. The van der Waals surface area contributed by atoms with E-state index in [1.807, 2.05) is 4.90 Å². The lowest BCUT2D eigenvalue weighted by Crippen LogP contribution is -2.43. The molecule has 24 heavy (non-hydrogen) atoms. The van der Waals surface area contributed by atoms with E-state index < -0.39 is 0 Å². The van der Waals surface area contributed by atoms with Gasteiger partial charge in [-0.15, -0.1) is 0 Å². The van der Waals surface area contributed by atoms with Crippen LogP contribution in [0, 0.1) is 0 Å². The van der Waals surface area contributed by atoms with Crippen LogP contribution in [0.2, 0.25) is 0 Å². The number of pyridine rings is 1. The number of aromatic nitrogens is 3. The highest BCUT2D eigenvalue weighted by atomic mass is 16.5. The number of likely N-dealkylation sites (tertiary alicyclic amines) is 1. The highest BCUT2D eigenvalue weighted by Gasteiger charge is 2.29. The number of ether oxygens (including phenoxy) is 1. The van der Waals surface area contributed by atoms with Crippen LogP contribution in [0.1, 0.15) is 53.7 Å². The third-order valence-corrected chi connectivity index (χ3v) is 4.44. The highest BCUT2D eigenvalue weighted by Crippen LogP contribution is 2.38. The summed E-state index contributed by atoms with van der Waals surface area (Å²) in [7, 11) is 0. The Kier molecular flexibility index (Phi) is 4.25. The number of amides is 1. The lowest BCUT2D eigenvalue weighted by atomic mass is 10.1. The Morgan fingerprint density at radius 1 is 1.38 bits per heavy atom. The maximum Gasteiger partial charge on any atom is 0.255 e. The van der Waals surface area contributed by atoms with Crippen LogP contribution in [0.4, 0.5) is 0 Å². The molecule has 1 atom stereocenters. The van der Waals surface area contributed by atoms with Gasteiger partial charge in [-0.2, -0.15) is 4.98 Å². The highest BCUT2D eigenvalue weighted by molar-refractivity contribution is 5.93. The van der Waals surface area contributed by atoms with Gasteiger partial charge in [-0.3, -0.25) is 9.78 Å². The zero-order valence-electron chi connectivity index (χ0n) is 13.4. The average Bonchev–Trinajstić information content (AvgIpc) is 3.39. The molecule has 7 nitrogen and oxygen atoms in total. The zero-order valence-corrected chi connectivity index (χ0v) is 13.4. The third kappa shape index (κ3) is 3.46. The molecule has 0 N–H and O–H groups in total. The van der Waals surface area contributed by atoms with Crippen LogP contribution in [0.25, 0.3) is 0 Å². The Morgan fingerprint density at radius 3 is 3.08 bits per heavy atom. The summed E-state index contributed by atoms with van der Waals surface area (Å²) in [4.78, 5) is 22.7. The molecule has 4 rings (SSSR count). The van der Waals surface area contributed by atoms with E-state index in [2.05, 4.69) is 15.1 Å². The predicted octanol–water partition coefficient (Wildman–Crippen LogP) is 2.16. The van der Waals surface area contributed by atoms with Crippen molar-refractivity contribution in [3.63, 3.8) is 0 Å². The molecule has 0 spiro atoms. The van der Waals surface area contributed by atoms with Crippen LogP contribution in [0.5, 0.6) is 0 Å². The average molecular weight is 328 g/mol. The SMILES string of the molecule is O=C(c1cccnc1)N1CCC[C@H](OCc2nc(C3CC3)no2)C1. The molecule has 0 bridgehead atoms. The molecular weight excluding hydrogens is 308 g/mol. The van der Waals surface area contributed by atoms with Gasteiger partial charge < -0.3 is 14.2 Å². The van der Waals surface area contributed by atoms with Gasteiger partial charge in [0, 0.05) is 31.4 Å². The molecule has 2 aromatic heterocycles. The molecule has 2 fully saturated rings. The number of rotatable bonds is 5. The molecule has 1 saturated heterocycles. The molecule has 0 radical (unpaired) electrons. The molecule has 2 aromatic rings. The van der Waals surface area contributed by atoms with E-state index >= 15 is 0 Å². The number of carbonyl (C=O) groups is 1. The molecule has 1 amide bonds. The third-order valence-electron chi connectivity index (χ3n) is 4.44. The van der Waals surface area contributed by atoms with Crippen molar-refractivity contribution in [2.24, 2.45) is 0 Å². The summed E-state index contributed by atoms with van der Waals surface area (Å²) in [5, 5.41) is 3.99. The van der Waals surface area contributed by atoms with Gasteiger partial charge in [0.05, 0.1) is 11.7 Å². The molecule has 0 unspecified atom stereocenters. The fourth-order valence-corrected chi connectivity index (χ4v) is 2.95. The fraction of sp³-hybridized carbons (Fsp3) is 0.529. The largest absolute Gasteiger partial charge is 0.367 e. The van der Waals surface area contributed by atoms with Crippen LogP contribution in [-0.4, -0.2) is 45.1 Å². The molecule has 2 aliphatic rings. The van der Waals surface area contributed by atoms with Gasteiger partial charge in [-0.1, -0.05) is 5.16 Å². The van der Waals surface area contributed by atoms with Gasteiger partial charge in [-0.25, -0.2) is 0 Å². The molecule has 3 heterocycles. The second-order valence-electron chi connectivity index (χ2n) is 6.39. The predicted molar refractivity (Wildman–Crippen MR) is 84.2 cm³/mol. The first-order valence-electron chi connectivity index (χ1n) is 8.43. The zero-order chi connectivity index (χ0) is 16.4. The van der Waals surface area contributed by atoms with Crippen molar-refractivity contribution in [3.8, 4) is 0 Å². The maximum absolute atomic E-state index is 12.5. The summed E-state index contributed by atoms with van der Waals surface area (Å²) in [5.74, 6) is 1.80. The molecule has 1 aliphatic heterocycles. The van der Waals surface area contributed by atoms with E-state index in [1.165, 1.54) is 0 Å². The van der Waals surface area contributed by atoms with Crippen molar-refractivity contribution in [2.75, 3.05) is 13.1 Å². The lowest BCUT2D eigenvalue weighted by Gasteiger charge is -2.32. The summed E-state index contributed by atoms with van der Waals surface area (Å²) in [6.45, 7) is 1.64. The van der Waals surface area contributed by atoms with E-state index in [0.717, 1.165) is 38.1 Å². The van der Waals surface area contributed by atoms with Gasteiger partial charge in [0.15, 0.2) is 5.82 Å². The number of hydrogen-bond acceptors (Lipinski definition) is 6. The molecule has 7 heteroatoms. The number of nitrogens with zero attached hydrogens (tertiary/aromatic N) is 4. The van der Waals surface area contributed by atoms with Crippen molar-refractivity contribution < 1.29 is 14.1 Å². The standard InChI is InChI=1S/C17H20N4O3/c22-17(13-3-1-7-18-9-13)21-8-2-4-14(10-21)23-11-15-19-16(20-24-15)12-5-6-12/h1,3,7,9,12,14H,2,4-6,8,10-11H2/t14-/m0/s1. The molecule has 126 valence electrons. The maximum atomic E-state index is 12.5. The van der Waals surface area contributed by atoms with Crippen LogP contribution >= 0.6 is 0 Å². The van der Waals surface area contributed by atoms with Gasteiger partial charge in [0.1, 0.15) is 6.61 Å². The van der Waals surface area contributed by atoms with Gasteiger partial charge in [0.2, 0.25) is 0 Å². The second-order valence-corrected chi connectivity index (χ2v) is 6.39. The first-order chi connectivity index (χ1) is 11.8. The number of hydrogen-bond donors (Lipinski definition) is 0. The van der Waals surface area contributed by atoms with Gasteiger partial charge >= 0.3 is 0 Å². The van der Waals surface area contributed by atoms with Crippen LogP contribution < -0.4 is 0 Å². The fourth-order valence-electron chi connectivity index (χ4n) is 2.95. The van der Waals surface area contributed by atoms with Crippen molar-refractivity contribution >= 4 is 5.91 Å². The smallest absolute Gasteiger partial charge is 0.255 e. The van der Waals surface area contributed by atoms with E-state index in [1.54, 1.807) is 24.5 Å². The molecule has 1 saturated carbocycles. The summed E-state index contributed by atoms with van der Waals surface area (Å²) < 4.78 is 11.1. The Morgan fingerprint density at radius 2 is 2.29 bits per heavy atom. The minimum Gasteiger partial charge on any atom is -0.367 e. The summed E-state index contributed by atoms with van der Waals surface area (Å²) in [6, 6.07) is 3.57. The summed E-state index contributed by atoms with van der Waals surface area (Å²) in [5.41, 5.74) is 0.615. The van der Waals surface area contributed by atoms with Gasteiger partial charge in [-0.05, 0) is 37.8 Å². The minimum atomic E-state index is -0.00403. The summed E-state index contributed by atoms with van der Waals surface area (Å²) >= 11 is 0. The first-order valence-corrected chi connectivity index (χ1v) is 8.43. The van der Waals surface area contributed by atoms with Crippen molar-refractivity contribution in [1.82, 2.24) is 20.0 Å². The number of piperidine rings is 1. The monoisotopic (exact) mass is 328 g/mol. The van der Waals surface area contributed by atoms with Gasteiger partial charge in [0.25, 0.3) is 11.8 Å². The van der Waals surface area contributed by atoms with E-state index in [4.69, 9.17) is 9.26 Å². The normalized spacial score (nSPS) is 21.0. The Labute approximate surface area is 140 Å². The van der Waals surface area contributed by atoms with Crippen LogP contribution in [-0.2, 0) is 11.3 Å². The van der Waals surface area contributed by atoms with E-state index in [0.29, 0.717) is 30.5 Å². The molecular formula is C17H20N4O3. The van der Waals surface area contributed by atoms with Crippen LogP contribution in [0.15, 0.2) is 29.0 Å². The lowest BCUT2D eigenvalue weighted by molar-refractivity contribution is -0.0153.